The van der Waals surface area contributed by atoms with Gasteiger partial charge in [-0.1, -0.05) is 18.2 Å². The zero-order valence-electron chi connectivity index (χ0n) is 9.91. The lowest BCUT2D eigenvalue weighted by molar-refractivity contribution is -0.131. The summed E-state index contributed by atoms with van der Waals surface area (Å²) in [6, 6.07) is 9.04. The van der Waals surface area contributed by atoms with Crippen molar-refractivity contribution in [2.45, 2.75) is 6.92 Å². The monoisotopic (exact) mass is 240 g/mol. The number of para-hydroxylation sites is 1. The highest BCUT2D eigenvalue weighted by molar-refractivity contribution is 5.75. The number of carbonyl (C=O) groups excluding carboxylic acids is 1. The van der Waals surface area contributed by atoms with Gasteiger partial charge in [0.05, 0.1) is 0 Å². The van der Waals surface area contributed by atoms with E-state index >= 15 is 0 Å². The molecular weight excluding hydrogens is 228 g/mol. The molecule has 0 aliphatic rings. The number of nitrogens with zero attached hydrogens (tertiary/aromatic N) is 2. The molecule has 0 amide bonds. The van der Waals surface area contributed by atoms with Crippen molar-refractivity contribution in [2.75, 3.05) is 0 Å². The van der Waals surface area contributed by atoms with Gasteiger partial charge in [-0.15, -0.1) is 0 Å². The molecule has 0 saturated carbocycles. The zero-order chi connectivity index (χ0) is 12.8. The maximum absolute atomic E-state index is 11.0. The normalized spacial score (nSPS) is 10.5. The Bertz CT molecular complexity index is 565. The van der Waals surface area contributed by atoms with E-state index in [0.29, 0.717) is 11.6 Å². The predicted octanol–water partition coefficient (Wildman–Crippen LogP) is 2.57. The van der Waals surface area contributed by atoms with Gasteiger partial charge in [-0.3, -0.25) is 4.79 Å². The summed E-state index contributed by atoms with van der Waals surface area (Å²) in [6.07, 6.45) is 6.92. The highest BCUT2D eigenvalue weighted by Gasteiger charge is 2.02. The number of esters is 1. The molecular formula is C14H12N2O2. The Morgan fingerprint density at radius 2 is 1.83 bits per heavy atom. The number of aromatic nitrogens is 2. The van der Waals surface area contributed by atoms with E-state index in [9.17, 15) is 4.79 Å². The highest BCUT2D eigenvalue weighted by atomic mass is 16.5. The third-order valence-electron chi connectivity index (χ3n) is 2.17. The Morgan fingerprint density at radius 3 is 2.56 bits per heavy atom. The molecule has 0 atom stereocenters. The van der Waals surface area contributed by atoms with Crippen molar-refractivity contribution < 1.29 is 9.53 Å². The van der Waals surface area contributed by atoms with E-state index in [1.165, 1.54) is 6.92 Å². The largest absolute Gasteiger partial charge is 0.426 e. The maximum atomic E-state index is 11.0. The van der Waals surface area contributed by atoms with Crippen LogP contribution >= 0.6 is 0 Å². The summed E-state index contributed by atoms with van der Waals surface area (Å²) in [5, 5.41) is 0. The Kier molecular flexibility index (Phi) is 3.81. The molecule has 0 unspecified atom stereocenters. The van der Waals surface area contributed by atoms with Gasteiger partial charge in [-0.2, -0.15) is 0 Å². The van der Waals surface area contributed by atoms with E-state index in [-0.39, 0.29) is 5.97 Å². The van der Waals surface area contributed by atoms with Gasteiger partial charge < -0.3 is 4.74 Å². The van der Waals surface area contributed by atoms with Crippen molar-refractivity contribution in [3.05, 3.63) is 54.1 Å². The van der Waals surface area contributed by atoms with E-state index in [1.807, 2.05) is 24.3 Å². The Labute approximate surface area is 105 Å². The van der Waals surface area contributed by atoms with Crippen molar-refractivity contribution in [1.29, 1.82) is 0 Å². The van der Waals surface area contributed by atoms with Crippen LogP contribution in [0, 0.1) is 0 Å². The van der Waals surface area contributed by atoms with Crippen LogP contribution in [0.3, 0.4) is 0 Å². The summed E-state index contributed by atoms with van der Waals surface area (Å²) in [5.41, 5.74) is 0.806. The molecule has 0 N–H and O–H groups in total. The van der Waals surface area contributed by atoms with Gasteiger partial charge in [0.1, 0.15) is 5.75 Å². The summed E-state index contributed by atoms with van der Waals surface area (Å²) in [6.45, 7) is 1.38. The number of benzene rings is 1. The molecule has 0 aliphatic heterocycles. The summed E-state index contributed by atoms with van der Waals surface area (Å²) < 4.78 is 5.10. The summed E-state index contributed by atoms with van der Waals surface area (Å²) >= 11 is 0. The van der Waals surface area contributed by atoms with Crippen LogP contribution in [0.1, 0.15) is 18.3 Å². The number of ether oxygens (including phenoxy) is 1. The van der Waals surface area contributed by atoms with Crippen molar-refractivity contribution in [3.63, 3.8) is 0 Å². The second kappa shape index (κ2) is 5.72. The summed E-state index contributed by atoms with van der Waals surface area (Å²) in [5.74, 6) is 0.791. The average molecular weight is 240 g/mol. The lowest BCUT2D eigenvalue weighted by Gasteiger charge is -2.04. The molecule has 18 heavy (non-hydrogen) atoms. The van der Waals surface area contributed by atoms with Crippen LogP contribution in [0.4, 0.5) is 0 Å². The topological polar surface area (TPSA) is 52.1 Å². The van der Waals surface area contributed by atoms with Crippen LogP contribution in [-0.4, -0.2) is 15.9 Å². The third-order valence-corrected chi connectivity index (χ3v) is 2.17. The summed E-state index contributed by atoms with van der Waals surface area (Å²) in [4.78, 5) is 19.1. The second-order valence-corrected chi connectivity index (χ2v) is 3.57. The van der Waals surface area contributed by atoms with Crippen LogP contribution in [0.5, 0.6) is 5.75 Å². The van der Waals surface area contributed by atoms with Crippen molar-refractivity contribution in [1.82, 2.24) is 9.97 Å². The molecule has 2 rings (SSSR count). The molecule has 1 heterocycles. The lowest BCUT2D eigenvalue weighted by atomic mass is 10.2. The smallest absolute Gasteiger partial charge is 0.308 e. The minimum Gasteiger partial charge on any atom is -0.426 e. The number of hydrogen-bond acceptors (Lipinski definition) is 4. The first-order valence-corrected chi connectivity index (χ1v) is 5.48. The number of carbonyl (C=O) groups is 1. The van der Waals surface area contributed by atoms with E-state index < -0.39 is 0 Å². The zero-order valence-corrected chi connectivity index (χ0v) is 9.91. The molecule has 2 aromatic rings. The molecule has 0 bridgehead atoms. The number of rotatable bonds is 3. The second-order valence-electron chi connectivity index (χ2n) is 3.57. The van der Waals surface area contributed by atoms with Crippen LogP contribution in [0.25, 0.3) is 12.2 Å². The minimum absolute atomic E-state index is 0.341. The van der Waals surface area contributed by atoms with Gasteiger partial charge in [0.2, 0.25) is 0 Å². The third kappa shape index (κ3) is 3.25. The molecule has 0 spiro atoms. The Balaban J connectivity index is 2.23. The van der Waals surface area contributed by atoms with Gasteiger partial charge in [0.15, 0.2) is 5.82 Å². The van der Waals surface area contributed by atoms with Crippen molar-refractivity contribution >= 4 is 18.1 Å². The van der Waals surface area contributed by atoms with Gasteiger partial charge in [0.25, 0.3) is 0 Å². The van der Waals surface area contributed by atoms with Gasteiger partial charge in [-0.05, 0) is 24.3 Å². The minimum atomic E-state index is -0.341. The molecule has 4 nitrogen and oxygen atoms in total. The fourth-order valence-corrected chi connectivity index (χ4v) is 1.43. The standard InChI is InChI=1S/C14H12N2O2/c1-11(17)18-13-6-3-2-5-12(13)7-8-14-15-9-4-10-16-14/h2-10H,1H3/b8-7+. The Morgan fingerprint density at radius 1 is 1.11 bits per heavy atom. The molecule has 0 fully saturated rings. The highest BCUT2D eigenvalue weighted by Crippen LogP contribution is 2.20. The van der Waals surface area contributed by atoms with E-state index in [4.69, 9.17) is 4.74 Å². The first-order valence-electron chi connectivity index (χ1n) is 5.48. The Hall–Kier alpha value is -2.49. The van der Waals surface area contributed by atoms with Gasteiger partial charge in [0, 0.05) is 24.9 Å². The summed E-state index contributed by atoms with van der Waals surface area (Å²) in [7, 11) is 0. The van der Waals surface area contributed by atoms with E-state index in [0.717, 1.165) is 5.56 Å². The molecule has 0 aliphatic carbocycles. The van der Waals surface area contributed by atoms with E-state index in [1.54, 1.807) is 30.6 Å². The van der Waals surface area contributed by atoms with Gasteiger partial charge >= 0.3 is 5.97 Å². The fraction of sp³-hybridized carbons (Fsp3) is 0.0714. The average Bonchev–Trinajstić information content (AvgIpc) is 2.38. The fourth-order valence-electron chi connectivity index (χ4n) is 1.43. The molecule has 1 aromatic heterocycles. The molecule has 0 saturated heterocycles. The van der Waals surface area contributed by atoms with Crippen LogP contribution in [0.2, 0.25) is 0 Å². The van der Waals surface area contributed by atoms with Gasteiger partial charge in [-0.25, -0.2) is 9.97 Å². The van der Waals surface area contributed by atoms with Crippen LogP contribution < -0.4 is 4.74 Å². The lowest BCUT2D eigenvalue weighted by Crippen LogP contribution is -2.02. The molecule has 0 radical (unpaired) electrons. The first kappa shape index (κ1) is 12.0. The molecule has 4 heteroatoms. The SMILES string of the molecule is CC(=O)Oc1ccccc1/C=C/c1ncccn1. The molecule has 90 valence electrons. The maximum Gasteiger partial charge on any atom is 0.308 e. The first-order chi connectivity index (χ1) is 8.75. The van der Waals surface area contributed by atoms with Crippen LogP contribution in [-0.2, 0) is 4.79 Å². The molecule has 1 aromatic carbocycles. The predicted molar refractivity (Wildman–Crippen MR) is 68.7 cm³/mol. The van der Waals surface area contributed by atoms with E-state index in [2.05, 4.69) is 9.97 Å². The number of hydrogen-bond donors (Lipinski definition) is 0. The quantitative estimate of drug-likeness (QED) is 0.611. The van der Waals surface area contributed by atoms with Crippen molar-refractivity contribution in [3.8, 4) is 5.75 Å². The van der Waals surface area contributed by atoms with Crippen LogP contribution in [0.15, 0.2) is 42.7 Å². The van der Waals surface area contributed by atoms with Crippen molar-refractivity contribution in [2.24, 2.45) is 0 Å².